The summed E-state index contributed by atoms with van der Waals surface area (Å²) in [6, 6.07) is 29.2. The summed E-state index contributed by atoms with van der Waals surface area (Å²) in [5, 5.41) is 20.8. The number of benzene rings is 4. The van der Waals surface area contributed by atoms with Crippen molar-refractivity contribution in [3.63, 3.8) is 0 Å². The van der Waals surface area contributed by atoms with E-state index in [0.29, 0.717) is 47.2 Å². The van der Waals surface area contributed by atoms with Crippen LogP contribution in [-0.4, -0.2) is 11.5 Å². The summed E-state index contributed by atoms with van der Waals surface area (Å²) in [6.45, 7) is 3.11. The minimum Gasteiger partial charge on any atom is -0.490 e. The van der Waals surface area contributed by atoms with E-state index in [-0.39, 0.29) is 12.3 Å². The van der Waals surface area contributed by atoms with Gasteiger partial charge in [-0.25, -0.2) is 0 Å². The molecule has 0 aliphatic rings. The second kappa shape index (κ2) is 13.3. The predicted molar refractivity (Wildman–Crippen MR) is 153 cm³/mol. The highest BCUT2D eigenvalue weighted by Crippen LogP contribution is 2.32. The van der Waals surface area contributed by atoms with Gasteiger partial charge in [0.25, 0.3) is 5.69 Å². The van der Waals surface area contributed by atoms with Crippen molar-refractivity contribution in [1.29, 1.82) is 5.26 Å². The summed E-state index contributed by atoms with van der Waals surface area (Å²) in [5.74, 6) is 1.86. The van der Waals surface area contributed by atoms with Crippen molar-refractivity contribution in [1.82, 2.24) is 0 Å². The number of halogens is 1. The maximum absolute atomic E-state index is 11.0. The minimum atomic E-state index is -0.474. The average Bonchev–Trinajstić information content (AvgIpc) is 2.95. The molecule has 4 aromatic carbocycles. The van der Waals surface area contributed by atoms with Crippen molar-refractivity contribution in [2.75, 3.05) is 6.61 Å². The van der Waals surface area contributed by atoms with Crippen molar-refractivity contribution in [2.45, 2.75) is 20.1 Å². The molecule has 0 saturated heterocycles. The fourth-order valence-corrected chi connectivity index (χ4v) is 4.17. The van der Waals surface area contributed by atoms with Gasteiger partial charge in [-0.15, -0.1) is 0 Å². The average molecular weight is 585 g/mol. The molecule has 0 bridgehead atoms. The molecule has 196 valence electrons. The summed E-state index contributed by atoms with van der Waals surface area (Å²) >= 11 is 3.48. The van der Waals surface area contributed by atoms with Gasteiger partial charge in [-0.2, -0.15) is 5.26 Å². The number of non-ortho nitro benzene ring substituents is 1. The Morgan fingerprint density at radius 3 is 2.26 bits per heavy atom. The first-order chi connectivity index (χ1) is 19.0. The van der Waals surface area contributed by atoms with E-state index in [1.165, 1.54) is 12.1 Å². The van der Waals surface area contributed by atoms with E-state index in [1.807, 2.05) is 73.7 Å². The largest absolute Gasteiger partial charge is 0.490 e. The maximum Gasteiger partial charge on any atom is 0.269 e. The molecule has 0 fully saturated rings. The van der Waals surface area contributed by atoms with Crippen LogP contribution in [-0.2, 0) is 13.2 Å². The van der Waals surface area contributed by atoms with Crippen molar-refractivity contribution in [2.24, 2.45) is 0 Å². The molecule has 0 radical (unpaired) electrons. The third-order valence-electron chi connectivity index (χ3n) is 5.72. The molecular formula is C31H25BrN2O5. The van der Waals surface area contributed by atoms with Crippen LogP contribution in [0.2, 0.25) is 0 Å². The Morgan fingerprint density at radius 1 is 0.872 bits per heavy atom. The SMILES string of the molecule is CCOc1cc(COc2ccc(Br)cc2/C=C(\C#N)c2ccc([N+](=O)[O-])cc2)ccc1OCc1ccccc1. The predicted octanol–water partition coefficient (Wildman–Crippen LogP) is 7.98. The molecule has 4 aromatic rings. The molecule has 39 heavy (non-hydrogen) atoms. The van der Waals surface area contributed by atoms with Crippen molar-refractivity contribution >= 4 is 33.3 Å². The monoisotopic (exact) mass is 584 g/mol. The lowest BCUT2D eigenvalue weighted by molar-refractivity contribution is -0.384. The van der Waals surface area contributed by atoms with Gasteiger partial charge >= 0.3 is 0 Å². The summed E-state index contributed by atoms with van der Waals surface area (Å²) in [4.78, 5) is 10.5. The van der Waals surface area contributed by atoms with Crippen molar-refractivity contribution in [3.05, 3.63) is 128 Å². The Morgan fingerprint density at radius 2 is 1.56 bits per heavy atom. The Hall–Kier alpha value is -4.61. The standard InChI is InChI=1S/C31H25BrN2O5/c1-2-37-31-16-23(8-14-30(31)39-20-22-6-4-3-5-7-22)21-38-29-15-11-27(32)18-25(29)17-26(19-33)24-9-12-28(13-10-24)34(35)36/h3-18H,2,20-21H2,1H3/b26-17+. The van der Waals surface area contributed by atoms with Crippen LogP contribution in [0.4, 0.5) is 5.69 Å². The first-order valence-corrected chi connectivity index (χ1v) is 13.0. The molecule has 0 unspecified atom stereocenters. The van der Waals surface area contributed by atoms with Gasteiger partial charge in [0.1, 0.15) is 19.0 Å². The molecule has 0 saturated carbocycles. The van der Waals surface area contributed by atoms with Crippen molar-refractivity contribution < 1.29 is 19.1 Å². The lowest BCUT2D eigenvalue weighted by Crippen LogP contribution is -2.02. The van der Waals surface area contributed by atoms with Gasteiger partial charge in [0, 0.05) is 22.2 Å². The number of nitro groups is 1. The third-order valence-corrected chi connectivity index (χ3v) is 6.21. The fourth-order valence-electron chi connectivity index (χ4n) is 3.79. The molecule has 0 spiro atoms. The Kier molecular flexibility index (Phi) is 9.33. The summed E-state index contributed by atoms with van der Waals surface area (Å²) < 4.78 is 18.8. The van der Waals surface area contributed by atoms with Gasteiger partial charge < -0.3 is 14.2 Å². The normalized spacial score (nSPS) is 10.9. The smallest absolute Gasteiger partial charge is 0.269 e. The number of hydrogen-bond donors (Lipinski definition) is 0. The van der Waals surface area contributed by atoms with E-state index in [4.69, 9.17) is 14.2 Å². The number of ether oxygens (including phenoxy) is 3. The van der Waals surface area contributed by atoms with E-state index < -0.39 is 4.92 Å². The van der Waals surface area contributed by atoms with Gasteiger partial charge in [0.2, 0.25) is 0 Å². The lowest BCUT2D eigenvalue weighted by Gasteiger charge is -2.15. The minimum absolute atomic E-state index is 0.0366. The van der Waals surface area contributed by atoms with Crippen LogP contribution in [0.25, 0.3) is 11.6 Å². The Bertz CT molecular complexity index is 1510. The van der Waals surface area contributed by atoms with E-state index in [2.05, 4.69) is 22.0 Å². The van der Waals surface area contributed by atoms with Crippen LogP contribution < -0.4 is 14.2 Å². The number of rotatable bonds is 11. The Labute approximate surface area is 235 Å². The number of nitro benzene ring substituents is 1. The highest BCUT2D eigenvalue weighted by atomic mass is 79.9. The van der Waals surface area contributed by atoms with Crippen LogP contribution >= 0.6 is 15.9 Å². The van der Waals surface area contributed by atoms with Crippen LogP contribution in [0.5, 0.6) is 17.2 Å². The zero-order valence-corrected chi connectivity index (χ0v) is 22.8. The third kappa shape index (κ3) is 7.46. The first kappa shape index (κ1) is 27.4. The molecule has 0 aromatic heterocycles. The quantitative estimate of drug-likeness (QED) is 0.0767. The van der Waals surface area contributed by atoms with Crippen LogP contribution in [0, 0.1) is 21.4 Å². The van der Waals surface area contributed by atoms with E-state index in [9.17, 15) is 15.4 Å². The zero-order chi connectivity index (χ0) is 27.6. The molecule has 0 heterocycles. The highest BCUT2D eigenvalue weighted by Gasteiger charge is 2.11. The molecule has 4 rings (SSSR count). The summed E-state index contributed by atoms with van der Waals surface area (Å²) in [7, 11) is 0. The number of hydrogen-bond acceptors (Lipinski definition) is 6. The fraction of sp³-hybridized carbons (Fsp3) is 0.129. The maximum atomic E-state index is 11.0. The van der Waals surface area contributed by atoms with E-state index >= 15 is 0 Å². The second-order valence-corrected chi connectivity index (χ2v) is 9.35. The van der Waals surface area contributed by atoms with Crippen LogP contribution in [0.3, 0.4) is 0 Å². The molecular weight excluding hydrogens is 560 g/mol. The second-order valence-electron chi connectivity index (χ2n) is 8.43. The number of nitriles is 1. The number of allylic oxidation sites excluding steroid dienone is 1. The molecule has 0 N–H and O–H groups in total. The van der Waals surface area contributed by atoms with Gasteiger partial charge in [-0.3, -0.25) is 10.1 Å². The molecule has 8 heteroatoms. The summed E-state index contributed by atoms with van der Waals surface area (Å²) in [6.07, 6.45) is 1.70. The van der Waals surface area contributed by atoms with Gasteiger partial charge in [-0.1, -0.05) is 52.3 Å². The molecule has 0 atom stereocenters. The van der Waals surface area contributed by atoms with Crippen molar-refractivity contribution in [3.8, 4) is 23.3 Å². The van der Waals surface area contributed by atoms with Gasteiger partial charge in [0.15, 0.2) is 11.5 Å². The topological polar surface area (TPSA) is 94.6 Å². The molecule has 7 nitrogen and oxygen atoms in total. The van der Waals surface area contributed by atoms with Crippen LogP contribution in [0.1, 0.15) is 29.2 Å². The summed E-state index contributed by atoms with van der Waals surface area (Å²) in [5.41, 5.74) is 3.53. The zero-order valence-electron chi connectivity index (χ0n) is 21.2. The molecule has 0 aliphatic heterocycles. The first-order valence-electron chi connectivity index (χ1n) is 12.2. The molecule has 0 amide bonds. The highest BCUT2D eigenvalue weighted by molar-refractivity contribution is 9.10. The molecule has 0 aliphatic carbocycles. The van der Waals surface area contributed by atoms with E-state index in [0.717, 1.165) is 15.6 Å². The number of nitrogens with zero attached hydrogens (tertiary/aromatic N) is 2. The van der Waals surface area contributed by atoms with Gasteiger partial charge in [0.05, 0.1) is 23.2 Å². The van der Waals surface area contributed by atoms with Gasteiger partial charge in [-0.05, 0) is 72.2 Å². The van der Waals surface area contributed by atoms with E-state index in [1.54, 1.807) is 18.2 Å². The Balaban J connectivity index is 1.53. The lowest BCUT2D eigenvalue weighted by atomic mass is 10.0. The van der Waals surface area contributed by atoms with Crippen LogP contribution in [0.15, 0.2) is 95.5 Å².